The summed E-state index contributed by atoms with van der Waals surface area (Å²) in [6.07, 6.45) is 4.24. The van der Waals surface area contributed by atoms with Crippen LogP contribution in [0.5, 0.6) is 0 Å². The molecule has 1 aromatic rings. The molecule has 0 aromatic carbocycles. The molecule has 1 heterocycles. The fraction of sp³-hybridized carbons (Fsp3) is 0.571. The van der Waals surface area contributed by atoms with Gasteiger partial charge in [-0.2, -0.15) is 0 Å². The van der Waals surface area contributed by atoms with Crippen LogP contribution in [0.2, 0.25) is 0 Å². The van der Waals surface area contributed by atoms with E-state index in [1.807, 2.05) is 0 Å². The second kappa shape index (κ2) is 4.09. The monoisotopic (exact) mass is 268 g/mol. The number of hydrogen-bond donors (Lipinski definition) is 3. The zero-order valence-electron chi connectivity index (χ0n) is 8.89. The van der Waals surface area contributed by atoms with Crippen molar-refractivity contribution in [3.63, 3.8) is 0 Å². The summed E-state index contributed by atoms with van der Waals surface area (Å²) in [7, 11) is -8.67. The van der Waals surface area contributed by atoms with E-state index in [4.69, 9.17) is 0 Å². The minimum Gasteiger partial charge on any atom is -0.344 e. The number of aromatic nitrogens is 2. The Hall–Kier alpha value is -0.450. The van der Waals surface area contributed by atoms with Crippen LogP contribution in [0.1, 0.15) is 6.92 Å². The molecule has 0 aliphatic carbocycles. The summed E-state index contributed by atoms with van der Waals surface area (Å²) in [5.41, 5.74) is 0. The molecule has 0 aliphatic rings. The summed E-state index contributed by atoms with van der Waals surface area (Å²) in [5, 5.41) is 0. The third-order valence-electron chi connectivity index (χ3n) is 2.56. The summed E-state index contributed by atoms with van der Waals surface area (Å²) in [4.78, 5) is 29.6. The van der Waals surface area contributed by atoms with E-state index in [0.717, 1.165) is 13.6 Å². The highest BCUT2D eigenvalue weighted by Crippen LogP contribution is 2.69. The van der Waals surface area contributed by atoms with Crippen LogP contribution in [0.25, 0.3) is 0 Å². The van der Waals surface area contributed by atoms with E-state index in [9.17, 15) is 23.8 Å². The van der Waals surface area contributed by atoms with Crippen molar-refractivity contribution in [2.24, 2.45) is 0 Å². The molecular formula is C7H14N2O5P2. The molecule has 0 saturated heterocycles. The van der Waals surface area contributed by atoms with Crippen molar-refractivity contribution in [3.8, 4) is 0 Å². The molecule has 0 bridgehead atoms. The van der Waals surface area contributed by atoms with Crippen LogP contribution in [-0.2, 0) is 15.7 Å². The Bertz CT molecular complexity index is 423. The first-order valence-electron chi connectivity index (χ1n) is 4.40. The third kappa shape index (κ3) is 2.44. The van der Waals surface area contributed by atoms with Crippen LogP contribution < -0.4 is 0 Å². The zero-order chi connectivity index (χ0) is 12.6. The van der Waals surface area contributed by atoms with Crippen LogP contribution in [-0.4, -0.2) is 35.8 Å². The van der Waals surface area contributed by atoms with Crippen LogP contribution in [0.15, 0.2) is 18.7 Å². The maximum Gasteiger partial charge on any atom is 0.342 e. The van der Waals surface area contributed by atoms with E-state index in [2.05, 4.69) is 4.98 Å². The maximum absolute atomic E-state index is 11.6. The van der Waals surface area contributed by atoms with Gasteiger partial charge in [0, 0.05) is 25.6 Å². The van der Waals surface area contributed by atoms with E-state index in [1.54, 1.807) is 0 Å². The van der Waals surface area contributed by atoms with Crippen LogP contribution in [0.4, 0.5) is 0 Å². The first kappa shape index (κ1) is 13.6. The second-order valence-electron chi connectivity index (χ2n) is 3.88. The Balaban J connectivity index is 3.18. The molecule has 0 radical (unpaired) electrons. The fourth-order valence-corrected chi connectivity index (χ4v) is 3.90. The lowest BCUT2D eigenvalue weighted by Gasteiger charge is -2.32. The van der Waals surface area contributed by atoms with E-state index >= 15 is 0 Å². The quantitative estimate of drug-likeness (QED) is 0.692. The summed E-state index contributed by atoms with van der Waals surface area (Å²) >= 11 is 0. The lowest BCUT2D eigenvalue weighted by atomic mass is 10.4. The van der Waals surface area contributed by atoms with Gasteiger partial charge < -0.3 is 19.2 Å². The zero-order valence-corrected chi connectivity index (χ0v) is 10.7. The van der Waals surface area contributed by atoms with Gasteiger partial charge in [0.2, 0.25) is 7.37 Å². The molecule has 0 spiro atoms. The molecule has 0 fully saturated rings. The molecule has 2 atom stereocenters. The molecule has 2 unspecified atom stereocenters. The first-order valence-corrected chi connectivity index (χ1v) is 8.11. The van der Waals surface area contributed by atoms with E-state index in [-0.39, 0.29) is 6.54 Å². The SMILES string of the molecule is CC(Cn1ccnc1)(P(C)(=O)O)P(=O)(O)O. The van der Waals surface area contributed by atoms with Gasteiger partial charge in [0.25, 0.3) is 0 Å². The van der Waals surface area contributed by atoms with E-state index < -0.39 is 19.9 Å². The van der Waals surface area contributed by atoms with E-state index in [1.165, 1.54) is 23.3 Å². The van der Waals surface area contributed by atoms with Gasteiger partial charge in [0.15, 0.2) is 4.90 Å². The minimum atomic E-state index is -4.71. The molecule has 9 heteroatoms. The highest BCUT2D eigenvalue weighted by molar-refractivity contribution is 7.74. The van der Waals surface area contributed by atoms with Crippen LogP contribution in [0, 0.1) is 0 Å². The number of nitrogens with zero attached hydrogens (tertiary/aromatic N) is 2. The average molecular weight is 268 g/mol. The van der Waals surface area contributed by atoms with Crippen LogP contribution >= 0.6 is 15.0 Å². The van der Waals surface area contributed by atoms with Gasteiger partial charge in [-0.3, -0.25) is 9.13 Å². The molecule has 3 N–H and O–H groups in total. The van der Waals surface area contributed by atoms with Gasteiger partial charge in [-0.25, -0.2) is 4.98 Å². The average Bonchev–Trinajstić information content (AvgIpc) is 2.52. The number of hydrogen-bond acceptors (Lipinski definition) is 3. The predicted octanol–water partition coefficient (Wildman–Crippen LogP) is 0.677. The number of rotatable bonds is 4. The smallest absolute Gasteiger partial charge is 0.342 e. The Kier molecular flexibility index (Phi) is 3.48. The van der Waals surface area contributed by atoms with Crippen molar-refractivity contribution in [3.05, 3.63) is 18.7 Å². The molecule has 16 heavy (non-hydrogen) atoms. The molecule has 1 rings (SSSR count). The Labute approximate surface area is 92.8 Å². The summed E-state index contributed by atoms with van der Waals surface area (Å²) < 4.78 is 24.4. The molecule has 1 aromatic heterocycles. The second-order valence-corrected chi connectivity index (χ2v) is 9.05. The molecule has 0 aliphatic heterocycles. The Morgan fingerprint density at radius 1 is 1.38 bits per heavy atom. The van der Waals surface area contributed by atoms with Crippen molar-refractivity contribution in [1.82, 2.24) is 9.55 Å². The standard InChI is InChI=1S/C7H14N2O5P2/c1-7(15(2,10)11,16(12,13)14)5-9-4-3-8-6-9/h3-4,6H,5H2,1-2H3,(H,10,11)(H2,12,13,14). The maximum atomic E-state index is 11.6. The van der Waals surface area contributed by atoms with Gasteiger partial charge in [-0.15, -0.1) is 0 Å². The summed E-state index contributed by atoms with van der Waals surface area (Å²) in [6, 6.07) is 0. The highest BCUT2D eigenvalue weighted by Gasteiger charge is 2.54. The summed E-state index contributed by atoms with van der Waals surface area (Å²) in [6.45, 7) is 1.79. The Morgan fingerprint density at radius 3 is 2.25 bits per heavy atom. The highest BCUT2D eigenvalue weighted by atomic mass is 31.2. The van der Waals surface area contributed by atoms with Gasteiger partial charge >= 0.3 is 7.60 Å². The lowest BCUT2D eigenvalue weighted by Crippen LogP contribution is -2.30. The molecule has 0 saturated carbocycles. The fourth-order valence-electron chi connectivity index (χ4n) is 1.19. The largest absolute Gasteiger partial charge is 0.344 e. The Morgan fingerprint density at radius 2 is 1.94 bits per heavy atom. The van der Waals surface area contributed by atoms with Crippen LogP contribution in [0.3, 0.4) is 0 Å². The van der Waals surface area contributed by atoms with Gasteiger partial charge in [0.1, 0.15) is 0 Å². The molecule has 92 valence electrons. The van der Waals surface area contributed by atoms with Gasteiger partial charge in [-0.1, -0.05) is 0 Å². The third-order valence-corrected chi connectivity index (χ3v) is 7.78. The van der Waals surface area contributed by atoms with Crippen molar-refractivity contribution >= 4 is 15.0 Å². The first-order chi connectivity index (χ1) is 7.08. The van der Waals surface area contributed by atoms with Crippen molar-refractivity contribution in [1.29, 1.82) is 0 Å². The summed E-state index contributed by atoms with van der Waals surface area (Å²) in [5.74, 6) is 0. The topological polar surface area (TPSA) is 113 Å². The molecular weight excluding hydrogens is 254 g/mol. The minimum absolute atomic E-state index is 0.262. The molecule has 0 amide bonds. The van der Waals surface area contributed by atoms with Crippen molar-refractivity contribution in [2.75, 3.05) is 6.66 Å². The molecule has 7 nitrogen and oxygen atoms in total. The van der Waals surface area contributed by atoms with Crippen molar-refractivity contribution < 1.29 is 23.8 Å². The lowest BCUT2D eigenvalue weighted by molar-refractivity contribution is 0.333. The van der Waals surface area contributed by atoms with Gasteiger partial charge in [0.05, 0.1) is 6.33 Å². The van der Waals surface area contributed by atoms with E-state index in [0.29, 0.717) is 0 Å². The predicted molar refractivity (Wildman–Crippen MR) is 58.4 cm³/mol. The normalized spacial score (nSPS) is 20.1. The van der Waals surface area contributed by atoms with Gasteiger partial charge in [-0.05, 0) is 6.92 Å². The van der Waals surface area contributed by atoms with Crippen molar-refractivity contribution in [2.45, 2.75) is 18.4 Å². The number of imidazole rings is 1.